The molecule has 0 bridgehead atoms. The summed E-state index contributed by atoms with van der Waals surface area (Å²) >= 11 is 0. The maximum Gasteiger partial charge on any atom is 0.306 e. The second-order valence-corrected chi connectivity index (χ2v) is 10.4. The number of hydrogen-bond acceptors (Lipinski definition) is 7. The first kappa shape index (κ1) is 21.1. The number of ether oxygens (including phenoxy) is 1. The molecule has 3 N–H and O–H groups in total. The summed E-state index contributed by atoms with van der Waals surface area (Å²) in [7, 11) is -8.93. The van der Waals surface area contributed by atoms with Crippen LogP contribution in [-0.4, -0.2) is 60.1 Å². The van der Waals surface area contributed by atoms with E-state index in [1.165, 1.54) is 0 Å². The predicted octanol–water partition coefficient (Wildman–Crippen LogP) is 0.342. The van der Waals surface area contributed by atoms with Gasteiger partial charge in [-0.25, -0.2) is 0 Å². The van der Waals surface area contributed by atoms with Crippen LogP contribution in [0.3, 0.4) is 0 Å². The van der Waals surface area contributed by atoms with Gasteiger partial charge in [-0.15, -0.1) is 0 Å². The Hall–Kier alpha value is -1.24. The zero-order chi connectivity index (χ0) is 19.7. The van der Waals surface area contributed by atoms with E-state index in [1.807, 2.05) is 0 Å². The second-order valence-electron chi connectivity index (χ2n) is 7.02. The second kappa shape index (κ2) is 7.79. The first-order valence-corrected chi connectivity index (χ1v) is 11.2. The van der Waals surface area contributed by atoms with Crippen molar-refractivity contribution in [2.24, 2.45) is 17.8 Å². The van der Waals surface area contributed by atoms with Crippen LogP contribution in [0.1, 0.15) is 38.5 Å². The molecule has 0 saturated heterocycles. The smallest absolute Gasteiger partial charge is 0.306 e. The van der Waals surface area contributed by atoms with Crippen molar-refractivity contribution in [1.82, 2.24) is 0 Å². The monoisotopic (exact) mass is 414 g/mol. The highest BCUT2D eigenvalue weighted by molar-refractivity contribution is 7.86. The van der Waals surface area contributed by atoms with E-state index in [1.54, 1.807) is 0 Å². The van der Waals surface area contributed by atoms with E-state index in [-0.39, 0.29) is 45.0 Å². The first-order chi connectivity index (χ1) is 11.9. The van der Waals surface area contributed by atoms with E-state index in [9.17, 15) is 40.6 Å². The highest BCUT2D eigenvalue weighted by atomic mass is 32.2. The van der Waals surface area contributed by atoms with Crippen LogP contribution in [0.15, 0.2) is 0 Å². The lowest BCUT2D eigenvalue weighted by molar-refractivity contribution is -0.143. The van der Waals surface area contributed by atoms with Crippen molar-refractivity contribution in [3.8, 4) is 0 Å². The summed E-state index contributed by atoms with van der Waals surface area (Å²) in [5.41, 5.74) is 0. The number of carbonyl (C=O) groups excluding carboxylic acids is 1. The van der Waals surface area contributed by atoms with E-state index < -0.39 is 60.6 Å². The van der Waals surface area contributed by atoms with Crippen molar-refractivity contribution in [2.45, 2.75) is 55.1 Å². The standard InChI is InChI=1S/C14H22O10S2/c15-7-24-10-3-9(4-11(6-10)25(18,19)20)12-5-8(14(16)17)1-2-13(12)26(21,22)23/h7-13H,1-6H2,(H,16,17)(H,18,19,20)(H,21,22,23). The zero-order valence-corrected chi connectivity index (χ0v) is 15.4. The lowest BCUT2D eigenvalue weighted by atomic mass is 9.69. The van der Waals surface area contributed by atoms with Crippen LogP contribution in [0.25, 0.3) is 0 Å². The van der Waals surface area contributed by atoms with Crippen molar-refractivity contribution >= 4 is 32.7 Å². The van der Waals surface area contributed by atoms with Gasteiger partial charge in [0.05, 0.1) is 16.4 Å². The van der Waals surface area contributed by atoms with Gasteiger partial charge in [-0.05, 0) is 43.9 Å². The van der Waals surface area contributed by atoms with Gasteiger partial charge in [-0.2, -0.15) is 16.8 Å². The molecule has 0 radical (unpaired) electrons. The highest BCUT2D eigenvalue weighted by Crippen LogP contribution is 2.44. The van der Waals surface area contributed by atoms with Crippen LogP contribution < -0.4 is 0 Å². The highest BCUT2D eigenvalue weighted by Gasteiger charge is 2.47. The predicted molar refractivity (Wildman–Crippen MR) is 87.4 cm³/mol. The number of carboxylic acid groups (broad SMARTS) is 1. The summed E-state index contributed by atoms with van der Waals surface area (Å²) < 4.78 is 70.4. The summed E-state index contributed by atoms with van der Waals surface area (Å²) in [6.07, 6.45) is -0.957. The Morgan fingerprint density at radius 1 is 0.962 bits per heavy atom. The van der Waals surface area contributed by atoms with E-state index in [0.29, 0.717) is 0 Å². The number of rotatable bonds is 6. The Balaban J connectivity index is 2.34. The van der Waals surface area contributed by atoms with Gasteiger partial charge in [0.1, 0.15) is 6.10 Å². The first-order valence-electron chi connectivity index (χ1n) is 8.18. The number of carbonyl (C=O) groups is 2. The third-order valence-electron chi connectivity index (χ3n) is 5.50. The largest absolute Gasteiger partial charge is 0.481 e. The molecule has 12 heteroatoms. The molecule has 0 aliphatic heterocycles. The average Bonchev–Trinajstić information content (AvgIpc) is 2.52. The van der Waals surface area contributed by atoms with E-state index in [0.717, 1.165) is 0 Å². The Morgan fingerprint density at radius 3 is 2.12 bits per heavy atom. The fraction of sp³-hybridized carbons (Fsp3) is 0.857. The molecule has 0 aromatic heterocycles. The molecule has 6 unspecified atom stereocenters. The summed E-state index contributed by atoms with van der Waals surface area (Å²) in [6.45, 7) is 0.148. The molecule has 6 atom stereocenters. The molecule has 150 valence electrons. The van der Waals surface area contributed by atoms with Crippen molar-refractivity contribution in [1.29, 1.82) is 0 Å². The van der Waals surface area contributed by atoms with E-state index >= 15 is 0 Å². The Bertz CT molecular complexity index is 744. The van der Waals surface area contributed by atoms with Gasteiger partial charge in [0.2, 0.25) is 0 Å². The van der Waals surface area contributed by atoms with Crippen molar-refractivity contribution in [2.75, 3.05) is 0 Å². The maximum atomic E-state index is 11.8. The molecule has 2 rings (SSSR count). The molecule has 0 spiro atoms. The number of aliphatic carboxylic acids is 1. The van der Waals surface area contributed by atoms with Crippen LogP contribution in [0.4, 0.5) is 0 Å². The van der Waals surface area contributed by atoms with Crippen LogP contribution in [0.2, 0.25) is 0 Å². The zero-order valence-electron chi connectivity index (χ0n) is 13.8. The summed E-state index contributed by atoms with van der Waals surface area (Å²) in [5.74, 6) is -3.36. The van der Waals surface area contributed by atoms with Gasteiger partial charge >= 0.3 is 5.97 Å². The van der Waals surface area contributed by atoms with Gasteiger partial charge in [0, 0.05) is 6.42 Å². The van der Waals surface area contributed by atoms with Crippen molar-refractivity contribution in [3.63, 3.8) is 0 Å². The minimum absolute atomic E-state index is 0.0452. The Kier molecular flexibility index (Phi) is 6.31. The van der Waals surface area contributed by atoms with Crippen LogP contribution in [0.5, 0.6) is 0 Å². The molecule has 2 aliphatic rings. The summed E-state index contributed by atoms with van der Waals surface area (Å²) in [5, 5.41) is 6.77. The van der Waals surface area contributed by atoms with Crippen LogP contribution in [-0.2, 0) is 34.6 Å². The Labute approximate surface area is 151 Å². The van der Waals surface area contributed by atoms with E-state index in [2.05, 4.69) is 0 Å². The quantitative estimate of drug-likeness (QED) is 0.406. The fourth-order valence-corrected chi connectivity index (χ4v) is 6.46. The van der Waals surface area contributed by atoms with Crippen molar-refractivity contribution < 1.29 is 45.4 Å². The van der Waals surface area contributed by atoms with Crippen LogP contribution >= 0.6 is 0 Å². The molecule has 26 heavy (non-hydrogen) atoms. The fourth-order valence-electron chi connectivity index (χ4n) is 4.31. The normalized spacial score (nSPS) is 36.2. The summed E-state index contributed by atoms with van der Waals surface area (Å²) in [6, 6.07) is 0. The molecule has 0 aromatic carbocycles. The number of carboxylic acids is 1. The lowest BCUT2D eigenvalue weighted by Gasteiger charge is -2.42. The minimum Gasteiger partial charge on any atom is -0.481 e. The molecule has 2 fully saturated rings. The number of hydrogen-bond donors (Lipinski definition) is 3. The Morgan fingerprint density at radius 2 is 1.62 bits per heavy atom. The van der Waals surface area contributed by atoms with Crippen molar-refractivity contribution in [3.05, 3.63) is 0 Å². The van der Waals surface area contributed by atoms with E-state index in [4.69, 9.17) is 4.74 Å². The molecule has 0 amide bonds. The third kappa shape index (κ3) is 4.93. The van der Waals surface area contributed by atoms with Gasteiger partial charge in [0.25, 0.3) is 26.7 Å². The van der Waals surface area contributed by atoms with Gasteiger partial charge < -0.3 is 9.84 Å². The lowest BCUT2D eigenvalue weighted by Crippen LogP contribution is -2.46. The molecule has 2 aliphatic carbocycles. The van der Waals surface area contributed by atoms with Gasteiger partial charge in [-0.3, -0.25) is 18.7 Å². The topological polar surface area (TPSA) is 172 Å². The molecule has 0 aromatic rings. The van der Waals surface area contributed by atoms with Crippen LogP contribution in [0, 0.1) is 17.8 Å². The third-order valence-corrected chi connectivity index (χ3v) is 8.08. The molecule has 2 saturated carbocycles. The molecular formula is C14H22O10S2. The average molecular weight is 414 g/mol. The minimum atomic E-state index is -4.47. The summed E-state index contributed by atoms with van der Waals surface area (Å²) in [4.78, 5) is 21.9. The maximum absolute atomic E-state index is 11.8. The SMILES string of the molecule is O=COC1CC(C2CC(C(=O)O)CCC2S(=O)(=O)O)CC(S(=O)(=O)O)C1. The molecular weight excluding hydrogens is 392 g/mol. The van der Waals surface area contributed by atoms with Gasteiger partial charge in [0.15, 0.2) is 0 Å². The van der Waals surface area contributed by atoms with Gasteiger partial charge in [-0.1, -0.05) is 0 Å². The molecule has 10 nitrogen and oxygen atoms in total. The molecule has 0 heterocycles.